The Morgan fingerprint density at radius 1 is 1.05 bits per heavy atom. The van der Waals surface area contributed by atoms with Gasteiger partial charge in [0.25, 0.3) is 0 Å². The molecule has 1 heterocycles. The lowest BCUT2D eigenvalue weighted by Gasteiger charge is -2.22. The van der Waals surface area contributed by atoms with E-state index in [-0.39, 0.29) is 6.04 Å². The summed E-state index contributed by atoms with van der Waals surface area (Å²) >= 11 is 2.33. The molecule has 0 amide bonds. The Hall–Kier alpha value is -1.27. The van der Waals surface area contributed by atoms with E-state index in [0.29, 0.717) is 13.2 Å². The molecule has 1 aliphatic rings. The number of nitrogens with one attached hydrogen (secondary N) is 1. The molecule has 1 atom stereocenters. The van der Waals surface area contributed by atoms with Crippen molar-refractivity contribution in [3.05, 3.63) is 57.2 Å². The summed E-state index contributed by atoms with van der Waals surface area (Å²) in [7, 11) is 1.99. The van der Waals surface area contributed by atoms with Crippen LogP contribution in [0.4, 0.5) is 0 Å². The Morgan fingerprint density at radius 3 is 2.48 bits per heavy atom. The lowest BCUT2D eigenvalue weighted by Crippen LogP contribution is -2.20. The van der Waals surface area contributed by atoms with E-state index >= 15 is 0 Å². The van der Waals surface area contributed by atoms with Gasteiger partial charge in [0.15, 0.2) is 11.5 Å². The number of ether oxygens (including phenoxy) is 2. The summed E-state index contributed by atoms with van der Waals surface area (Å²) in [6, 6.07) is 15.1. The van der Waals surface area contributed by atoms with Gasteiger partial charge in [-0.2, -0.15) is 0 Å². The van der Waals surface area contributed by atoms with E-state index in [2.05, 4.69) is 64.3 Å². The normalized spacial score (nSPS) is 14.8. The molecule has 4 heteroatoms. The molecule has 0 aliphatic carbocycles. The standard InChI is InChI=1S/C17H18INO2/c1-19-15(10-12-2-5-14(18)6-3-12)13-4-7-16-17(11-13)21-9-8-20-16/h2-7,11,15,19H,8-10H2,1H3. The highest BCUT2D eigenvalue weighted by molar-refractivity contribution is 14.1. The lowest BCUT2D eigenvalue weighted by molar-refractivity contribution is 0.171. The third-order valence-electron chi connectivity index (χ3n) is 3.67. The highest BCUT2D eigenvalue weighted by Gasteiger charge is 2.16. The largest absolute Gasteiger partial charge is 0.486 e. The molecule has 0 bridgehead atoms. The first-order valence-corrected chi connectivity index (χ1v) is 8.15. The Labute approximate surface area is 138 Å². The third-order valence-corrected chi connectivity index (χ3v) is 4.39. The first-order valence-electron chi connectivity index (χ1n) is 7.07. The number of likely N-dealkylation sites (N-methyl/N-ethyl adjacent to an activating group) is 1. The van der Waals surface area contributed by atoms with Crippen LogP contribution >= 0.6 is 22.6 Å². The quantitative estimate of drug-likeness (QED) is 0.804. The predicted molar refractivity (Wildman–Crippen MR) is 92.1 cm³/mol. The Bertz CT molecular complexity index is 613. The van der Waals surface area contributed by atoms with Crippen molar-refractivity contribution in [1.82, 2.24) is 5.32 Å². The molecule has 0 saturated heterocycles. The van der Waals surface area contributed by atoms with E-state index in [9.17, 15) is 0 Å². The van der Waals surface area contributed by atoms with Gasteiger partial charge >= 0.3 is 0 Å². The number of rotatable bonds is 4. The van der Waals surface area contributed by atoms with Gasteiger partial charge in [-0.25, -0.2) is 0 Å². The summed E-state index contributed by atoms with van der Waals surface area (Å²) in [5.41, 5.74) is 2.55. The first kappa shape index (κ1) is 14.7. The van der Waals surface area contributed by atoms with Gasteiger partial charge in [0.2, 0.25) is 0 Å². The van der Waals surface area contributed by atoms with E-state index in [1.807, 2.05) is 13.1 Å². The Morgan fingerprint density at radius 2 is 1.76 bits per heavy atom. The molecule has 0 radical (unpaired) electrons. The van der Waals surface area contributed by atoms with Crippen LogP contribution in [0.25, 0.3) is 0 Å². The van der Waals surface area contributed by atoms with Gasteiger partial charge in [-0.1, -0.05) is 18.2 Å². The second-order valence-electron chi connectivity index (χ2n) is 5.07. The van der Waals surface area contributed by atoms with Crippen molar-refractivity contribution in [1.29, 1.82) is 0 Å². The molecule has 0 spiro atoms. The molecule has 3 nitrogen and oxygen atoms in total. The maximum atomic E-state index is 5.67. The monoisotopic (exact) mass is 395 g/mol. The molecular formula is C17H18INO2. The zero-order valence-corrected chi connectivity index (χ0v) is 14.1. The molecular weight excluding hydrogens is 377 g/mol. The minimum atomic E-state index is 0.265. The molecule has 2 aromatic rings. The van der Waals surface area contributed by atoms with Crippen LogP contribution < -0.4 is 14.8 Å². The molecule has 0 aromatic heterocycles. The second-order valence-corrected chi connectivity index (χ2v) is 6.32. The van der Waals surface area contributed by atoms with Crippen LogP contribution in [0.2, 0.25) is 0 Å². The van der Waals surface area contributed by atoms with Crippen LogP contribution in [0.15, 0.2) is 42.5 Å². The van der Waals surface area contributed by atoms with Crippen molar-refractivity contribution in [2.75, 3.05) is 20.3 Å². The Kier molecular flexibility index (Phi) is 4.65. The van der Waals surface area contributed by atoms with Crippen molar-refractivity contribution in [2.24, 2.45) is 0 Å². The number of hydrogen-bond donors (Lipinski definition) is 1. The summed E-state index contributed by atoms with van der Waals surface area (Å²) in [6.45, 7) is 1.25. The minimum Gasteiger partial charge on any atom is -0.486 e. The molecule has 110 valence electrons. The van der Waals surface area contributed by atoms with E-state index in [1.54, 1.807) is 0 Å². The van der Waals surface area contributed by atoms with Gasteiger partial charge in [-0.05, 0) is 71.5 Å². The van der Waals surface area contributed by atoms with E-state index in [0.717, 1.165) is 17.9 Å². The van der Waals surface area contributed by atoms with Crippen molar-refractivity contribution in [3.8, 4) is 11.5 Å². The van der Waals surface area contributed by atoms with E-state index < -0.39 is 0 Å². The lowest BCUT2D eigenvalue weighted by atomic mass is 9.98. The average Bonchev–Trinajstić information content (AvgIpc) is 2.54. The van der Waals surface area contributed by atoms with Crippen molar-refractivity contribution in [3.63, 3.8) is 0 Å². The maximum absolute atomic E-state index is 5.67. The molecule has 1 aliphatic heterocycles. The summed E-state index contributed by atoms with van der Waals surface area (Å²) in [6.07, 6.45) is 0.951. The van der Waals surface area contributed by atoms with Gasteiger partial charge in [-0.3, -0.25) is 0 Å². The zero-order valence-electron chi connectivity index (χ0n) is 11.9. The van der Waals surface area contributed by atoms with Gasteiger partial charge < -0.3 is 14.8 Å². The topological polar surface area (TPSA) is 30.5 Å². The van der Waals surface area contributed by atoms with Crippen LogP contribution in [0.1, 0.15) is 17.2 Å². The summed E-state index contributed by atoms with van der Waals surface area (Å²) in [5.74, 6) is 1.69. The van der Waals surface area contributed by atoms with Crippen molar-refractivity contribution in [2.45, 2.75) is 12.5 Å². The average molecular weight is 395 g/mol. The summed E-state index contributed by atoms with van der Waals surface area (Å²) < 4.78 is 12.5. The number of hydrogen-bond acceptors (Lipinski definition) is 3. The fourth-order valence-corrected chi connectivity index (χ4v) is 2.88. The first-order chi connectivity index (χ1) is 10.3. The van der Waals surface area contributed by atoms with Gasteiger partial charge in [0.05, 0.1) is 0 Å². The van der Waals surface area contributed by atoms with Crippen LogP contribution in [0.5, 0.6) is 11.5 Å². The summed E-state index contributed by atoms with van der Waals surface area (Å²) in [4.78, 5) is 0. The van der Waals surface area contributed by atoms with Crippen LogP contribution in [-0.2, 0) is 6.42 Å². The third kappa shape index (κ3) is 3.49. The van der Waals surface area contributed by atoms with Gasteiger partial charge in [0.1, 0.15) is 13.2 Å². The highest BCUT2D eigenvalue weighted by atomic mass is 127. The maximum Gasteiger partial charge on any atom is 0.161 e. The molecule has 21 heavy (non-hydrogen) atoms. The molecule has 1 N–H and O–H groups in total. The fourth-order valence-electron chi connectivity index (χ4n) is 2.52. The van der Waals surface area contributed by atoms with Crippen LogP contribution in [0.3, 0.4) is 0 Å². The van der Waals surface area contributed by atoms with Crippen LogP contribution in [-0.4, -0.2) is 20.3 Å². The minimum absolute atomic E-state index is 0.265. The number of halogens is 1. The SMILES string of the molecule is CNC(Cc1ccc(I)cc1)c1ccc2c(c1)OCCO2. The van der Waals surface area contributed by atoms with Crippen molar-refractivity contribution >= 4 is 22.6 Å². The highest BCUT2D eigenvalue weighted by Crippen LogP contribution is 2.33. The molecule has 1 unspecified atom stereocenters. The van der Waals surface area contributed by atoms with Crippen molar-refractivity contribution < 1.29 is 9.47 Å². The van der Waals surface area contributed by atoms with E-state index in [1.165, 1.54) is 14.7 Å². The zero-order chi connectivity index (χ0) is 14.7. The van der Waals surface area contributed by atoms with Gasteiger partial charge in [0, 0.05) is 9.61 Å². The smallest absolute Gasteiger partial charge is 0.161 e. The summed E-state index contributed by atoms with van der Waals surface area (Å²) in [5, 5.41) is 3.39. The van der Waals surface area contributed by atoms with Crippen LogP contribution in [0, 0.1) is 3.57 Å². The number of fused-ring (bicyclic) bond motifs is 1. The second kappa shape index (κ2) is 6.66. The Balaban J connectivity index is 1.81. The molecule has 0 saturated carbocycles. The molecule has 2 aromatic carbocycles. The van der Waals surface area contributed by atoms with Gasteiger partial charge in [-0.15, -0.1) is 0 Å². The van der Waals surface area contributed by atoms with E-state index in [4.69, 9.17) is 9.47 Å². The predicted octanol–water partition coefficient (Wildman–Crippen LogP) is 3.57. The molecule has 0 fully saturated rings. The fraction of sp³-hybridized carbons (Fsp3) is 0.294. The molecule has 3 rings (SSSR count). The number of benzene rings is 2.